The summed E-state index contributed by atoms with van der Waals surface area (Å²) < 4.78 is 0. The molecule has 1 aromatic carbocycles. The Morgan fingerprint density at radius 1 is 1.21 bits per heavy atom. The van der Waals surface area contributed by atoms with Gasteiger partial charge in [-0.05, 0) is 42.3 Å². The van der Waals surface area contributed by atoms with Gasteiger partial charge in [0.05, 0.1) is 5.52 Å². The summed E-state index contributed by atoms with van der Waals surface area (Å²) in [6, 6.07) is 14.9. The zero-order valence-electron chi connectivity index (χ0n) is 10.8. The van der Waals surface area contributed by atoms with Crippen molar-refractivity contribution in [3.8, 4) is 10.4 Å². The summed E-state index contributed by atoms with van der Waals surface area (Å²) in [5.41, 5.74) is 8.35. The first-order chi connectivity index (χ1) is 9.28. The van der Waals surface area contributed by atoms with Crippen molar-refractivity contribution >= 4 is 22.2 Å². The van der Waals surface area contributed by atoms with E-state index < -0.39 is 0 Å². The predicted octanol–water partition coefficient (Wildman–Crippen LogP) is 4.37. The maximum Gasteiger partial charge on any atom is 0.0702 e. The van der Waals surface area contributed by atoms with Gasteiger partial charge in [-0.3, -0.25) is 4.98 Å². The summed E-state index contributed by atoms with van der Waals surface area (Å²) in [6.07, 6.45) is 2.80. The van der Waals surface area contributed by atoms with Crippen LogP contribution in [0.3, 0.4) is 0 Å². The first-order valence-electron chi connectivity index (χ1n) is 6.48. The maximum atomic E-state index is 6.08. The first kappa shape index (κ1) is 12.3. The van der Waals surface area contributed by atoms with Gasteiger partial charge in [-0.25, -0.2) is 0 Å². The molecular formula is C16H16N2S. The molecule has 0 aliphatic carbocycles. The highest BCUT2D eigenvalue weighted by Crippen LogP contribution is 2.32. The summed E-state index contributed by atoms with van der Waals surface area (Å²) >= 11 is 1.78. The highest BCUT2D eigenvalue weighted by molar-refractivity contribution is 7.15. The average molecular weight is 268 g/mol. The fourth-order valence-corrected chi connectivity index (χ4v) is 3.23. The van der Waals surface area contributed by atoms with Crippen LogP contribution in [0.25, 0.3) is 21.3 Å². The van der Waals surface area contributed by atoms with Gasteiger partial charge >= 0.3 is 0 Å². The molecule has 0 fully saturated rings. The van der Waals surface area contributed by atoms with Crippen molar-refractivity contribution in [3.05, 3.63) is 53.5 Å². The Labute approximate surface area is 116 Å². The molecule has 3 rings (SSSR count). The topological polar surface area (TPSA) is 38.9 Å². The maximum absolute atomic E-state index is 6.08. The SMILES string of the molecule is CCC(N)c1ccc(-c2ccc3ncccc3c2)s1. The molecule has 0 saturated carbocycles. The summed E-state index contributed by atoms with van der Waals surface area (Å²) in [4.78, 5) is 6.87. The van der Waals surface area contributed by atoms with Gasteiger partial charge in [0.2, 0.25) is 0 Å². The van der Waals surface area contributed by atoms with Crippen LogP contribution in [0.4, 0.5) is 0 Å². The lowest BCUT2D eigenvalue weighted by molar-refractivity contribution is 0.712. The van der Waals surface area contributed by atoms with Gasteiger partial charge in [-0.15, -0.1) is 11.3 Å². The van der Waals surface area contributed by atoms with Crippen LogP contribution < -0.4 is 5.73 Å². The summed E-state index contributed by atoms with van der Waals surface area (Å²) in [5.74, 6) is 0. The smallest absolute Gasteiger partial charge is 0.0702 e. The van der Waals surface area contributed by atoms with Crippen molar-refractivity contribution in [3.63, 3.8) is 0 Å². The molecule has 19 heavy (non-hydrogen) atoms. The highest BCUT2D eigenvalue weighted by Gasteiger charge is 2.08. The van der Waals surface area contributed by atoms with Crippen LogP contribution in [-0.4, -0.2) is 4.98 Å². The van der Waals surface area contributed by atoms with E-state index in [0.717, 1.165) is 11.9 Å². The Bertz CT molecular complexity index is 703. The number of hydrogen-bond acceptors (Lipinski definition) is 3. The second-order valence-electron chi connectivity index (χ2n) is 4.63. The molecular weight excluding hydrogens is 252 g/mol. The molecule has 1 atom stereocenters. The summed E-state index contributed by atoms with van der Waals surface area (Å²) in [5, 5.41) is 1.18. The van der Waals surface area contributed by atoms with Crippen molar-refractivity contribution in [1.29, 1.82) is 0 Å². The number of nitrogens with zero attached hydrogens (tertiary/aromatic N) is 1. The monoisotopic (exact) mass is 268 g/mol. The summed E-state index contributed by atoms with van der Waals surface area (Å²) in [7, 11) is 0. The van der Waals surface area contributed by atoms with Crippen LogP contribution in [0.5, 0.6) is 0 Å². The Morgan fingerprint density at radius 3 is 2.95 bits per heavy atom. The fourth-order valence-electron chi connectivity index (χ4n) is 2.14. The van der Waals surface area contributed by atoms with Gasteiger partial charge in [0.25, 0.3) is 0 Å². The molecule has 0 spiro atoms. The first-order valence-corrected chi connectivity index (χ1v) is 7.30. The van der Waals surface area contributed by atoms with Gasteiger partial charge in [-0.2, -0.15) is 0 Å². The molecule has 0 amide bonds. The molecule has 1 unspecified atom stereocenters. The zero-order valence-corrected chi connectivity index (χ0v) is 11.7. The highest BCUT2D eigenvalue weighted by atomic mass is 32.1. The molecule has 96 valence electrons. The lowest BCUT2D eigenvalue weighted by Crippen LogP contribution is -2.05. The lowest BCUT2D eigenvalue weighted by Gasteiger charge is -2.04. The largest absolute Gasteiger partial charge is 0.323 e. The standard InChI is InChI=1S/C16H16N2S/c1-2-13(17)16-8-7-15(19-16)12-5-6-14-11(10-12)4-3-9-18-14/h3-10,13H,2,17H2,1H3. The Kier molecular flexibility index (Phi) is 3.32. The molecule has 2 heterocycles. The number of fused-ring (bicyclic) bond motifs is 1. The average Bonchev–Trinajstić information content (AvgIpc) is 2.95. The molecule has 0 bridgehead atoms. The number of nitrogens with two attached hydrogens (primary N) is 1. The van der Waals surface area contributed by atoms with E-state index in [2.05, 4.69) is 48.3 Å². The van der Waals surface area contributed by atoms with E-state index in [1.54, 1.807) is 11.3 Å². The second-order valence-corrected chi connectivity index (χ2v) is 5.74. The second kappa shape index (κ2) is 5.11. The van der Waals surface area contributed by atoms with E-state index in [1.165, 1.54) is 20.7 Å². The minimum Gasteiger partial charge on any atom is -0.323 e. The Hall–Kier alpha value is -1.71. The van der Waals surface area contributed by atoms with Crippen molar-refractivity contribution in [1.82, 2.24) is 4.98 Å². The van der Waals surface area contributed by atoms with E-state index in [4.69, 9.17) is 5.73 Å². The lowest BCUT2D eigenvalue weighted by atomic mass is 10.1. The zero-order chi connectivity index (χ0) is 13.2. The van der Waals surface area contributed by atoms with Crippen molar-refractivity contribution in [2.45, 2.75) is 19.4 Å². The van der Waals surface area contributed by atoms with E-state index in [-0.39, 0.29) is 6.04 Å². The molecule has 3 aromatic rings. The third-order valence-electron chi connectivity index (χ3n) is 3.32. The summed E-state index contributed by atoms with van der Waals surface area (Å²) in [6.45, 7) is 2.12. The molecule has 0 saturated heterocycles. The minimum absolute atomic E-state index is 0.154. The molecule has 3 heteroatoms. The number of benzene rings is 1. The Morgan fingerprint density at radius 2 is 2.11 bits per heavy atom. The van der Waals surface area contributed by atoms with Crippen LogP contribution >= 0.6 is 11.3 Å². The van der Waals surface area contributed by atoms with Crippen molar-refractivity contribution in [2.75, 3.05) is 0 Å². The number of rotatable bonds is 3. The van der Waals surface area contributed by atoms with Crippen molar-refractivity contribution in [2.24, 2.45) is 5.73 Å². The van der Waals surface area contributed by atoms with Gasteiger partial charge in [-0.1, -0.05) is 19.1 Å². The van der Waals surface area contributed by atoms with E-state index in [0.29, 0.717) is 0 Å². The third kappa shape index (κ3) is 2.39. The van der Waals surface area contributed by atoms with Gasteiger partial charge in [0, 0.05) is 27.4 Å². The molecule has 0 radical (unpaired) electrons. The van der Waals surface area contributed by atoms with Crippen LogP contribution in [0, 0.1) is 0 Å². The third-order valence-corrected chi connectivity index (χ3v) is 4.59. The predicted molar refractivity (Wildman–Crippen MR) is 82.3 cm³/mol. The fraction of sp³-hybridized carbons (Fsp3) is 0.188. The number of aromatic nitrogens is 1. The molecule has 2 N–H and O–H groups in total. The van der Waals surface area contributed by atoms with E-state index in [1.807, 2.05) is 12.3 Å². The van der Waals surface area contributed by atoms with Crippen LogP contribution in [0.15, 0.2) is 48.7 Å². The molecule has 0 aliphatic heterocycles. The molecule has 2 aromatic heterocycles. The van der Waals surface area contributed by atoms with Gasteiger partial charge in [0.15, 0.2) is 0 Å². The molecule has 0 aliphatic rings. The van der Waals surface area contributed by atoms with Gasteiger partial charge in [0.1, 0.15) is 0 Å². The van der Waals surface area contributed by atoms with Crippen LogP contribution in [0.1, 0.15) is 24.3 Å². The number of hydrogen-bond donors (Lipinski definition) is 1. The Balaban J connectivity index is 2.01. The van der Waals surface area contributed by atoms with Crippen LogP contribution in [-0.2, 0) is 0 Å². The van der Waals surface area contributed by atoms with E-state index >= 15 is 0 Å². The van der Waals surface area contributed by atoms with Crippen molar-refractivity contribution < 1.29 is 0 Å². The van der Waals surface area contributed by atoms with Gasteiger partial charge < -0.3 is 5.73 Å². The quantitative estimate of drug-likeness (QED) is 0.766. The number of thiophene rings is 1. The normalized spacial score (nSPS) is 12.7. The number of pyridine rings is 1. The van der Waals surface area contributed by atoms with Crippen LogP contribution in [0.2, 0.25) is 0 Å². The molecule has 2 nitrogen and oxygen atoms in total. The van der Waals surface area contributed by atoms with E-state index in [9.17, 15) is 0 Å². The minimum atomic E-state index is 0.154.